The van der Waals surface area contributed by atoms with Gasteiger partial charge in [0.15, 0.2) is 0 Å². The molecule has 0 atom stereocenters. The maximum atomic E-state index is 11.4. The lowest BCUT2D eigenvalue weighted by Crippen LogP contribution is -2.28. The molecule has 18 heavy (non-hydrogen) atoms. The van der Waals surface area contributed by atoms with Crippen LogP contribution in [-0.4, -0.2) is 32.8 Å². The van der Waals surface area contributed by atoms with Crippen molar-refractivity contribution in [3.8, 4) is 5.69 Å². The van der Waals surface area contributed by atoms with Gasteiger partial charge >= 0.3 is 6.03 Å². The minimum absolute atomic E-state index is 0.252. The Kier molecular flexibility index (Phi) is 3.78. The molecule has 0 aliphatic carbocycles. The number of benzene rings is 1. The molecular weight excluding hydrogens is 252 g/mol. The monoisotopic (exact) mass is 264 g/mol. The zero-order chi connectivity index (χ0) is 13.0. The number of hydrogen-bond acceptors (Lipinski definition) is 5. The van der Waals surface area contributed by atoms with E-state index in [1.54, 1.807) is 18.2 Å². The number of hydrogen-bond donors (Lipinski definition) is 3. The number of amides is 2. The third-order valence-electron chi connectivity index (χ3n) is 2.14. The van der Waals surface area contributed by atoms with Gasteiger partial charge in [0.25, 0.3) is 0 Å². The summed E-state index contributed by atoms with van der Waals surface area (Å²) in [5, 5.41) is 16.7. The number of anilines is 1. The summed E-state index contributed by atoms with van der Waals surface area (Å²) in [5.41, 5.74) is 1.38. The van der Waals surface area contributed by atoms with Crippen LogP contribution in [0.4, 0.5) is 10.5 Å². The van der Waals surface area contributed by atoms with E-state index in [1.165, 1.54) is 4.68 Å². The highest BCUT2D eigenvalue weighted by Gasteiger charge is 2.06. The molecule has 8 heteroatoms. The fourth-order valence-corrected chi connectivity index (χ4v) is 1.60. The first-order valence-corrected chi connectivity index (χ1v) is 5.78. The first-order valence-electron chi connectivity index (χ1n) is 5.33. The van der Waals surface area contributed by atoms with Gasteiger partial charge in [0.1, 0.15) is 0 Å². The number of tetrazole rings is 1. The van der Waals surface area contributed by atoms with Crippen LogP contribution in [-0.2, 0) is 0 Å². The normalized spacial score (nSPS) is 10.1. The summed E-state index contributed by atoms with van der Waals surface area (Å²) >= 11 is 4.13. The molecule has 2 amide bonds. The summed E-state index contributed by atoms with van der Waals surface area (Å²) in [5.74, 6) is 0. The van der Waals surface area contributed by atoms with Gasteiger partial charge < -0.3 is 10.6 Å². The van der Waals surface area contributed by atoms with Gasteiger partial charge in [0, 0.05) is 12.2 Å². The topological polar surface area (TPSA) is 84.7 Å². The van der Waals surface area contributed by atoms with E-state index in [2.05, 4.69) is 38.8 Å². The fraction of sp³-hybridized carbons (Fsp3) is 0.200. The standard InChI is InChI=1S/C10H12N6OS/c1-2-11-9(17)12-7-4-3-5-8(6-7)16-10(18)13-14-15-16/h3-6H,2H2,1H3,(H2,11,12,17)(H,13,15,18). The number of aromatic nitrogens is 4. The van der Waals surface area contributed by atoms with Crippen molar-refractivity contribution in [3.63, 3.8) is 0 Å². The minimum atomic E-state index is -0.252. The zero-order valence-electron chi connectivity index (χ0n) is 9.66. The Balaban J connectivity index is 2.20. The largest absolute Gasteiger partial charge is 0.338 e. The third-order valence-corrected chi connectivity index (χ3v) is 2.42. The molecule has 0 unspecified atom stereocenters. The van der Waals surface area contributed by atoms with E-state index in [1.807, 2.05) is 13.0 Å². The minimum Gasteiger partial charge on any atom is -0.338 e. The lowest BCUT2D eigenvalue weighted by atomic mass is 10.3. The highest BCUT2D eigenvalue weighted by molar-refractivity contribution is 7.80. The molecular formula is C10H12N6OS. The van der Waals surface area contributed by atoms with Crippen molar-refractivity contribution >= 4 is 24.3 Å². The van der Waals surface area contributed by atoms with Crippen LogP contribution in [0.15, 0.2) is 29.4 Å². The molecule has 0 spiro atoms. The van der Waals surface area contributed by atoms with Crippen LogP contribution in [0.2, 0.25) is 0 Å². The molecule has 0 bridgehead atoms. The van der Waals surface area contributed by atoms with Crippen LogP contribution in [0.3, 0.4) is 0 Å². The molecule has 0 radical (unpaired) electrons. The van der Waals surface area contributed by atoms with Crippen LogP contribution in [0.5, 0.6) is 0 Å². The average Bonchev–Trinajstić information content (AvgIpc) is 2.76. The molecule has 2 rings (SSSR count). The number of nitrogens with one attached hydrogen (secondary N) is 2. The van der Waals surface area contributed by atoms with Crippen molar-refractivity contribution in [3.05, 3.63) is 24.3 Å². The van der Waals surface area contributed by atoms with Crippen molar-refractivity contribution < 1.29 is 4.79 Å². The Hall–Kier alpha value is -2.09. The number of thiol groups is 1. The molecule has 0 fully saturated rings. The molecule has 2 N–H and O–H groups in total. The molecule has 2 aromatic rings. The molecule has 0 aliphatic heterocycles. The molecule has 94 valence electrons. The van der Waals surface area contributed by atoms with E-state index in [4.69, 9.17) is 0 Å². The maximum absolute atomic E-state index is 11.4. The van der Waals surface area contributed by atoms with Gasteiger partial charge in [-0.2, -0.15) is 4.68 Å². The van der Waals surface area contributed by atoms with Gasteiger partial charge in [-0.15, -0.1) is 17.7 Å². The predicted octanol–water partition coefficient (Wildman–Crippen LogP) is 1.09. The van der Waals surface area contributed by atoms with Crippen molar-refractivity contribution in [1.82, 2.24) is 25.5 Å². The summed E-state index contributed by atoms with van der Waals surface area (Å²) in [4.78, 5) is 11.4. The van der Waals surface area contributed by atoms with Crippen LogP contribution in [0, 0.1) is 0 Å². The van der Waals surface area contributed by atoms with E-state index in [9.17, 15) is 4.79 Å². The zero-order valence-corrected chi connectivity index (χ0v) is 10.6. The molecule has 0 aliphatic rings. The van der Waals surface area contributed by atoms with Gasteiger partial charge in [0.05, 0.1) is 5.69 Å². The summed E-state index contributed by atoms with van der Waals surface area (Å²) in [6, 6.07) is 6.90. The summed E-state index contributed by atoms with van der Waals surface area (Å²) in [6.07, 6.45) is 0. The SMILES string of the molecule is CCNC(=O)Nc1cccc(-n2nnnc2S)c1. The number of carbonyl (C=O) groups is 1. The Morgan fingerprint density at radius 1 is 1.50 bits per heavy atom. The molecule has 1 heterocycles. The number of rotatable bonds is 3. The van der Waals surface area contributed by atoms with Gasteiger partial charge in [0.2, 0.25) is 5.16 Å². The lowest BCUT2D eigenvalue weighted by molar-refractivity contribution is 0.252. The summed E-state index contributed by atoms with van der Waals surface area (Å²) in [7, 11) is 0. The average molecular weight is 264 g/mol. The fourth-order valence-electron chi connectivity index (χ4n) is 1.40. The number of carbonyl (C=O) groups excluding carboxylic acids is 1. The van der Waals surface area contributed by atoms with Crippen LogP contribution in [0.1, 0.15) is 6.92 Å². The quantitative estimate of drug-likeness (QED) is 0.725. The van der Waals surface area contributed by atoms with Gasteiger partial charge in [-0.3, -0.25) is 0 Å². The smallest absolute Gasteiger partial charge is 0.319 e. The predicted molar refractivity (Wildman–Crippen MR) is 69.1 cm³/mol. The Bertz CT molecular complexity index is 555. The lowest BCUT2D eigenvalue weighted by Gasteiger charge is -2.07. The van der Waals surface area contributed by atoms with Crippen LogP contribution < -0.4 is 10.6 Å². The van der Waals surface area contributed by atoms with Crippen LogP contribution in [0.25, 0.3) is 5.69 Å². The molecule has 0 saturated carbocycles. The number of urea groups is 1. The van der Waals surface area contributed by atoms with E-state index in [0.717, 1.165) is 5.69 Å². The van der Waals surface area contributed by atoms with Gasteiger partial charge in [-0.25, -0.2) is 4.79 Å². The Morgan fingerprint density at radius 2 is 2.33 bits per heavy atom. The van der Waals surface area contributed by atoms with Gasteiger partial charge in [-0.1, -0.05) is 6.07 Å². The van der Waals surface area contributed by atoms with Crippen molar-refractivity contribution in [2.24, 2.45) is 0 Å². The van der Waals surface area contributed by atoms with E-state index >= 15 is 0 Å². The van der Waals surface area contributed by atoms with Crippen molar-refractivity contribution in [1.29, 1.82) is 0 Å². The number of nitrogens with zero attached hydrogens (tertiary/aromatic N) is 4. The van der Waals surface area contributed by atoms with E-state index in [-0.39, 0.29) is 6.03 Å². The van der Waals surface area contributed by atoms with Gasteiger partial charge in [-0.05, 0) is 35.5 Å². The molecule has 7 nitrogen and oxygen atoms in total. The van der Waals surface area contributed by atoms with Crippen LogP contribution >= 0.6 is 12.6 Å². The third kappa shape index (κ3) is 2.77. The highest BCUT2D eigenvalue weighted by atomic mass is 32.1. The van der Waals surface area contributed by atoms with E-state index < -0.39 is 0 Å². The first kappa shape index (κ1) is 12.4. The summed E-state index contributed by atoms with van der Waals surface area (Å²) < 4.78 is 1.46. The Morgan fingerprint density at radius 3 is 3.00 bits per heavy atom. The molecule has 1 aromatic carbocycles. The van der Waals surface area contributed by atoms with Crippen molar-refractivity contribution in [2.45, 2.75) is 12.1 Å². The molecule has 0 saturated heterocycles. The second-order valence-electron chi connectivity index (χ2n) is 3.43. The second-order valence-corrected chi connectivity index (χ2v) is 3.83. The van der Waals surface area contributed by atoms with E-state index in [0.29, 0.717) is 17.4 Å². The second kappa shape index (κ2) is 5.50. The highest BCUT2D eigenvalue weighted by Crippen LogP contribution is 2.15. The van der Waals surface area contributed by atoms with Crippen molar-refractivity contribution in [2.75, 3.05) is 11.9 Å². The first-order chi connectivity index (χ1) is 8.70. The maximum Gasteiger partial charge on any atom is 0.319 e. The Labute approximate surface area is 109 Å². The molecule has 1 aromatic heterocycles. The summed E-state index contributed by atoms with van der Waals surface area (Å²) in [6.45, 7) is 2.42.